The van der Waals surface area contributed by atoms with Crippen LogP contribution < -0.4 is 15.6 Å². The molecule has 0 aliphatic rings. The number of phosphoric ester groups is 1. The third kappa shape index (κ3) is 6.14. The summed E-state index contributed by atoms with van der Waals surface area (Å²) in [5.74, 6) is 0.345. The number of nitrogens with zero attached hydrogens (tertiary/aromatic N) is 3. The second kappa shape index (κ2) is 10.9. The smallest absolute Gasteiger partial charge is 0.508 e. The molecule has 4 rings (SSSR count). The number of hydrogen-bond acceptors (Lipinski definition) is 7. The van der Waals surface area contributed by atoms with Crippen LogP contribution in [0.5, 0.6) is 11.5 Å². The fourth-order valence-corrected chi connectivity index (χ4v) is 4.66. The molecule has 0 radical (unpaired) electrons. The molecule has 2 aromatic heterocycles. The van der Waals surface area contributed by atoms with E-state index in [1.165, 1.54) is 18.2 Å². The number of hydrogen-bond donors (Lipinski definition) is 5. The van der Waals surface area contributed by atoms with Gasteiger partial charge in [-0.15, -0.1) is 11.6 Å². The van der Waals surface area contributed by atoms with Crippen molar-refractivity contribution in [2.24, 2.45) is 0 Å². The van der Waals surface area contributed by atoms with E-state index in [2.05, 4.69) is 17.2 Å². The van der Waals surface area contributed by atoms with Crippen molar-refractivity contribution in [2.75, 3.05) is 11.6 Å². The SMILES string of the molecule is CCCCc1nc2c(N)nc3ccc(CNC(=O)CCl)cc3c2n1Cc1cc(O)ccc1OP(=O)(O)O. The zero-order valence-electron chi connectivity index (χ0n) is 20.0. The Bertz CT molecular complexity index is 1520. The van der Waals surface area contributed by atoms with Gasteiger partial charge in [0.25, 0.3) is 0 Å². The molecule has 0 saturated heterocycles. The molecule has 0 saturated carbocycles. The van der Waals surface area contributed by atoms with E-state index in [0.29, 0.717) is 34.4 Å². The van der Waals surface area contributed by atoms with Gasteiger partial charge in [0.1, 0.15) is 28.7 Å². The number of halogens is 1. The summed E-state index contributed by atoms with van der Waals surface area (Å²) in [7, 11) is -4.85. The number of phenols is 1. The molecule has 0 aliphatic heterocycles. The zero-order valence-corrected chi connectivity index (χ0v) is 21.7. The summed E-state index contributed by atoms with van der Waals surface area (Å²) in [6, 6.07) is 9.50. The Morgan fingerprint density at radius 3 is 2.70 bits per heavy atom. The molecular weight excluding hydrogens is 521 g/mol. The van der Waals surface area contributed by atoms with E-state index in [4.69, 9.17) is 26.8 Å². The van der Waals surface area contributed by atoms with Gasteiger partial charge in [0.05, 0.1) is 17.6 Å². The molecular formula is C24H27ClN5O6P. The lowest BCUT2D eigenvalue weighted by Crippen LogP contribution is -2.23. The highest BCUT2D eigenvalue weighted by atomic mass is 35.5. The van der Waals surface area contributed by atoms with Gasteiger partial charge in [-0.3, -0.25) is 14.6 Å². The number of phenolic OH excluding ortho intramolecular Hbond substituents is 1. The van der Waals surface area contributed by atoms with Gasteiger partial charge in [-0.1, -0.05) is 19.4 Å². The average Bonchev–Trinajstić information content (AvgIpc) is 3.21. The van der Waals surface area contributed by atoms with Crippen molar-refractivity contribution < 1.29 is 28.8 Å². The lowest BCUT2D eigenvalue weighted by atomic mass is 10.1. The molecule has 0 atom stereocenters. The van der Waals surface area contributed by atoms with Crippen LogP contribution in [-0.2, 0) is 28.9 Å². The Labute approximate surface area is 217 Å². The summed E-state index contributed by atoms with van der Waals surface area (Å²) in [4.78, 5) is 39.7. The number of phosphoric acid groups is 1. The van der Waals surface area contributed by atoms with E-state index in [-0.39, 0.29) is 42.2 Å². The van der Waals surface area contributed by atoms with Crippen LogP contribution >= 0.6 is 19.4 Å². The van der Waals surface area contributed by atoms with Crippen molar-refractivity contribution in [1.82, 2.24) is 19.9 Å². The number of aryl methyl sites for hydroxylation is 1. The predicted octanol–water partition coefficient (Wildman–Crippen LogP) is 3.59. The number of rotatable bonds is 10. The minimum Gasteiger partial charge on any atom is -0.508 e. The number of pyridine rings is 1. The summed E-state index contributed by atoms with van der Waals surface area (Å²) in [5.41, 5.74) is 9.21. The fourth-order valence-electron chi connectivity index (χ4n) is 4.13. The largest absolute Gasteiger partial charge is 0.524 e. The van der Waals surface area contributed by atoms with E-state index < -0.39 is 7.82 Å². The molecule has 196 valence electrons. The van der Waals surface area contributed by atoms with Crippen LogP contribution in [0.3, 0.4) is 0 Å². The van der Waals surface area contributed by atoms with Crippen molar-refractivity contribution in [2.45, 2.75) is 39.3 Å². The second-order valence-electron chi connectivity index (χ2n) is 8.55. The number of nitrogens with two attached hydrogens (primary N) is 1. The van der Waals surface area contributed by atoms with Gasteiger partial charge in [-0.2, -0.15) is 0 Å². The van der Waals surface area contributed by atoms with E-state index in [1.54, 1.807) is 6.07 Å². The van der Waals surface area contributed by atoms with Gasteiger partial charge >= 0.3 is 7.82 Å². The maximum atomic E-state index is 11.7. The van der Waals surface area contributed by atoms with Crippen molar-refractivity contribution in [3.8, 4) is 11.5 Å². The number of imidazole rings is 1. The standard InChI is InChI=1S/C24H27ClN5O6P/c1-2-3-4-20-29-22-23(30(20)13-15-10-16(31)6-8-19(15)36-37(33,34)35)17-9-14(12-27-21(32)11-25)5-7-18(17)28-24(22)26/h5-10,31H,2-4,11-13H2,1H3,(H2,26,28)(H,27,32)(H2,33,34,35). The van der Waals surface area contributed by atoms with Gasteiger partial charge in [0, 0.05) is 23.9 Å². The van der Waals surface area contributed by atoms with Crippen LogP contribution in [0.1, 0.15) is 36.7 Å². The number of unbranched alkanes of at least 4 members (excludes halogenated alkanes) is 1. The van der Waals surface area contributed by atoms with Gasteiger partial charge in [0.15, 0.2) is 5.82 Å². The Balaban J connectivity index is 1.92. The molecule has 4 aromatic rings. The first-order valence-corrected chi connectivity index (χ1v) is 13.6. The van der Waals surface area contributed by atoms with Crippen molar-refractivity contribution in [3.63, 3.8) is 0 Å². The fraction of sp³-hybridized carbons (Fsp3) is 0.292. The van der Waals surface area contributed by atoms with E-state index >= 15 is 0 Å². The maximum absolute atomic E-state index is 11.7. The molecule has 0 aliphatic carbocycles. The quantitative estimate of drug-likeness (QED) is 0.147. The number of carbonyl (C=O) groups is 1. The third-order valence-corrected chi connectivity index (χ3v) is 6.48. The van der Waals surface area contributed by atoms with Gasteiger partial charge in [0.2, 0.25) is 5.91 Å². The summed E-state index contributed by atoms with van der Waals surface area (Å²) >= 11 is 5.59. The molecule has 37 heavy (non-hydrogen) atoms. The van der Waals surface area contributed by atoms with Crippen molar-refractivity contribution in [3.05, 3.63) is 53.3 Å². The van der Waals surface area contributed by atoms with Gasteiger partial charge in [-0.25, -0.2) is 14.5 Å². The third-order valence-electron chi connectivity index (χ3n) is 5.80. The number of anilines is 1. The zero-order chi connectivity index (χ0) is 26.7. The monoisotopic (exact) mass is 547 g/mol. The highest BCUT2D eigenvalue weighted by Crippen LogP contribution is 2.41. The topological polar surface area (TPSA) is 173 Å². The van der Waals surface area contributed by atoms with E-state index in [0.717, 1.165) is 23.8 Å². The average molecular weight is 548 g/mol. The molecule has 13 heteroatoms. The number of alkyl halides is 1. The van der Waals surface area contributed by atoms with Crippen molar-refractivity contribution in [1.29, 1.82) is 0 Å². The summed E-state index contributed by atoms with van der Waals surface area (Å²) in [5, 5.41) is 13.6. The highest BCUT2D eigenvalue weighted by molar-refractivity contribution is 7.46. The van der Waals surface area contributed by atoms with Crippen LogP contribution in [0.15, 0.2) is 36.4 Å². The molecule has 0 spiro atoms. The number of aromatic hydroxyl groups is 1. The van der Waals surface area contributed by atoms with Crippen LogP contribution in [0.2, 0.25) is 0 Å². The highest BCUT2D eigenvalue weighted by Gasteiger charge is 2.22. The minimum absolute atomic E-state index is 0.0646. The first kappa shape index (κ1) is 26.7. The number of benzene rings is 2. The first-order valence-electron chi connectivity index (χ1n) is 11.6. The predicted molar refractivity (Wildman–Crippen MR) is 141 cm³/mol. The molecule has 2 heterocycles. The lowest BCUT2D eigenvalue weighted by molar-refractivity contribution is -0.118. The van der Waals surface area contributed by atoms with Crippen molar-refractivity contribution >= 4 is 53.1 Å². The minimum atomic E-state index is -4.85. The van der Waals surface area contributed by atoms with Gasteiger partial charge < -0.3 is 25.2 Å². The number of nitrogen functional groups attached to an aromatic ring is 1. The van der Waals surface area contributed by atoms with E-state index in [9.17, 15) is 24.3 Å². The van der Waals surface area contributed by atoms with Gasteiger partial charge in [-0.05, 0) is 42.3 Å². The number of nitrogens with one attached hydrogen (secondary N) is 1. The molecule has 6 N–H and O–H groups in total. The van der Waals surface area contributed by atoms with Crippen LogP contribution in [0.25, 0.3) is 21.9 Å². The number of amides is 1. The van der Waals surface area contributed by atoms with Crippen LogP contribution in [0.4, 0.5) is 5.82 Å². The molecule has 11 nitrogen and oxygen atoms in total. The summed E-state index contributed by atoms with van der Waals surface area (Å²) in [6.07, 6.45) is 2.38. The van der Waals surface area contributed by atoms with Crippen LogP contribution in [-0.4, -0.2) is 41.2 Å². The number of aromatic nitrogens is 3. The molecule has 2 aromatic carbocycles. The number of fused-ring (bicyclic) bond motifs is 3. The molecule has 0 unspecified atom stereocenters. The van der Waals surface area contributed by atoms with E-state index in [1.807, 2.05) is 16.7 Å². The molecule has 0 fully saturated rings. The Morgan fingerprint density at radius 1 is 1.22 bits per heavy atom. The first-order chi connectivity index (χ1) is 17.6. The summed E-state index contributed by atoms with van der Waals surface area (Å²) in [6.45, 7) is 2.41. The maximum Gasteiger partial charge on any atom is 0.524 e. The Morgan fingerprint density at radius 2 is 2.00 bits per heavy atom. The Kier molecular flexibility index (Phi) is 7.89. The molecule has 1 amide bonds. The second-order valence-corrected chi connectivity index (χ2v) is 9.98. The van der Waals surface area contributed by atoms with Crippen LogP contribution in [0, 0.1) is 0 Å². The lowest BCUT2D eigenvalue weighted by Gasteiger charge is -2.16. The number of carbonyl (C=O) groups excluding carboxylic acids is 1. The normalized spacial score (nSPS) is 11.8. The Hall–Kier alpha value is -3.37. The molecule has 0 bridgehead atoms. The summed E-state index contributed by atoms with van der Waals surface area (Å²) < 4.78 is 18.4.